The molecular weight excluding hydrogens is 255 g/mol. The molecule has 0 rings (SSSR count). The Bertz CT molecular complexity index is 263. The SMILES string of the molecule is CC(C)(C)OC(=O)NC(CO)CCOC(F)(F)F. The van der Waals surface area contributed by atoms with E-state index < -0.39 is 37.3 Å². The molecule has 1 amide bonds. The van der Waals surface area contributed by atoms with Crippen LogP contribution in [0.5, 0.6) is 0 Å². The van der Waals surface area contributed by atoms with Gasteiger partial charge in [-0.25, -0.2) is 4.79 Å². The molecule has 5 nitrogen and oxygen atoms in total. The molecule has 0 aliphatic rings. The van der Waals surface area contributed by atoms with Gasteiger partial charge in [0.2, 0.25) is 0 Å². The lowest BCUT2D eigenvalue weighted by Crippen LogP contribution is -2.41. The van der Waals surface area contributed by atoms with Crippen molar-refractivity contribution in [1.29, 1.82) is 0 Å². The van der Waals surface area contributed by atoms with Gasteiger partial charge in [-0.1, -0.05) is 0 Å². The van der Waals surface area contributed by atoms with E-state index in [1.165, 1.54) is 0 Å². The number of hydrogen-bond donors (Lipinski definition) is 2. The predicted octanol–water partition coefficient (Wildman–Crippen LogP) is 1.80. The van der Waals surface area contributed by atoms with E-state index in [-0.39, 0.29) is 6.42 Å². The van der Waals surface area contributed by atoms with E-state index in [0.717, 1.165) is 0 Å². The lowest BCUT2D eigenvalue weighted by molar-refractivity contribution is -0.325. The first-order valence-electron chi connectivity index (χ1n) is 5.34. The lowest BCUT2D eigenvalue weighted by atomic mass is 10.2. The second-order valence-electron chi connectivity index (χ2n) is 4.61. The summed E-state index contributed by atoms with van der Waals surface area (Å²) in [5.41, 5.74) is -0.716. The van der Waals surface area contributed by atoms with Gasteiger partial charge in [0.15, 0.2) is 0 Å². The standard InChI is InChI=1S/C10H18F3NO4/c1-9(2,3)18-8(16)14-7(6-15)4-5-17-10(11,12)13/h7,15H,4-6H2,1-3H3,(H,14,16). The minimum atomic E-state index is -4.72. The van der Waals surface area contributed by atoms with Crippen molar-refractivity contribution in [3.8, 4) is 0 Å². The summed E-state index contributed by atoms with van der Waals surface area (Å²) in [4.78, 5) is 11.3. The number of alkyl carbamates (subject to hydrolysis) is 1. The third-order valence-electron chi connectivity index (χ3n) is 1.67. The number of alkyl halides is 3. The Kier molecular flexibility index (Phi) is 6.41. The summed E-state index contributed by atoms with van der Waals surface area (Å²) in [7, 11) is 0. The molecule has 1 unspecified atom stereocenters. The molecule has 0 heterocycles. The van der Waals surface area contributed by atoms with Crippen molar-refractivity contribution in [3.05, 3.63) is 0 Å². The van der Waals surface area contributed by atoms with Gasteiger partial charge in [-0.3, -0.25) is 4.74 Å². The van der Waals surface area contributed by atoms with Crippen LogP contribution in [0.2, 0.25) is 0 Å². The fourth-order valence-electron chi connectivity index (χ4n) is 1.00. The van der Waals surface area contributed by atoms with Gasteiger partial charge in [0.05, 0.1) is 19.3 Å². The minimum absolute atomic E-state index is 0.171. The van der Waals surface area contributed by atoms with E-state index >= 15 is 0 Å². The third kappa shape index (κ3) is 10.2. The Morgan fingerprint density at radius 3 is 2.28 bits per heavy atom. The number of rotatable bonds is 5. The van der Waals surface area contributed by atoms with Crippen LogP contribution >= 0.6 is 0 Å². The molecule has 0 spiro atoms. The first-order chi connectivity index (χ1) is 8.03. The monoisotopic (exact) mass is 273 g/mol. The average molecular weight is 273 g/mol. The molecule has 0 aromatic heterocycles. The Labute approximate surface area is 103 Å². The van der Waals surface area contributed by atoms with Gasteiger partial charge in [0, 0.05) is 0 Å². The van der Waals surface area contributed by atoms with Crippen LogP contribution in [0.25, 0.3) is 0 Å². The van der Waals surface area contributed by atoms with Gasteiger partial charge >= 0.3 is 12.5 Å². The van der Waals surface area contributed by atoms with Crippen LogP contribution in [0, 0.1) is 0 Å². The van der Waals surface area contributed by atoms with E-state index in [1.807, 2.05) is 0 Å². The number of amides is 1. The van der Waals surface area contributed by atoms with Gasteiger partial charge in [0.25, 0.3) is 0 Å². The highest BCUT2D eigenvalue weighted by Gasteiger charge is 2.29. The molecule has 0 aliphatic carbocycles. The molecule has 0 radical (unpaired) electrons. The van der Waals surface area contributed by atoms with E-state index in [0.29, 0.717) is 0 Å². The minimum Gasteiger partial charge on any atom is -0.444 e. The maximum atomic E-state index is 11.7. The van der Waals surface area contributed by atoms with Crippen molar-refractivity contribution >= 4 is 6.09 Å². The average Bonchev–Trinajstić information content (AvgIpc) is 2.11. The van der Waals surface area contributed by atoms with Gasteiger partial charge in [0.1, 0.15) is 5.60 Å². The van der Waals surface area contributed by atoms with Crippen LogP contribution in [0.4, 0.5) is 18.0 Å². The number of carbonyl (C=O) groups is 1. The van der Waals surface area contributed by atoms with Crippen LogP contribution in [0.1, 0.15) is 27.2 Å². The fraction of sp³-hybridized carbons (Fsp3) is 0.900. The molecule has 2 N–H and O–H groups in total. The van der Waals surface area contributed by atoms with E-state index in [2.05, 4.69) is 10.1 Å². The first kappa shape index (κ1) is 17.0. The normalized spacial score (nSPS) is 14.2. The smallest absolute Gasteiger partial charge is 0.444 e. The highest BCUT2D eigenvalue weighted by atomic mass is 19.4. The van der Waals surface area contributed by atoms with Gasteiger partial charge in [-0.2, -0.15) is 0 Å². The van der Waals surface area contributed by atoms with Crippen molar-refractivity contribution < 1.29 is 32.5 Å². The highest BCUT2D eigenvalue weighted by molar-refractivity contribution is 5.68. The Morgan fingerprint density at radius 2 is 1.89 bits per heavy atom. The molecule has 0 aromatic carbocycles. The zero-order chi connectivity index (χ0) is 14.4. The highest BCUT2D eigenvalue weighted by Crippen LogP contribution is 2.16. The second-order valence-corrected chi connectivity index (χ2v) is 4.61. The van der Waals surface area contributed by atoms with Gasteiger partial charge < -0.3 is 15.2 Å². The van der Waals surface area contributed by atoms with Crippen molar-refractivity contribution in [2.75, 3.05) is 13.2 Å². The summed E-state index contributed by atoms with van der Waals surface area (Å²) in [6.07, 6.45) is -5.69. The third-order valence-corrected chi connectivity index (χ3v) is 1.67. The Balaban J connectivity index is 4.00. The van der Waals surface area contributed by atoms with E-state index in [9.17, 15) is 18.0 Å². The van der Waals surface area contributed by atoms with Crippen LogP contribution in [0.3, 0.4) is 0 Å². The number of hydrogen-bond acceptors (Lipinski definition) is 4. The maximum Gasteiger partial charge on any atom is 0.522 e. The summed E-state index contributed by atoms with van der Waals surface area (Å²) >= 11 is 0. The summed E-state index contributed by atoms with van der Waals surface area (Å²) in [6, 6.07) is -0.845. The van der Waals surface area contributed by atoms with E-state index in [1.54, 1.807) is 20.8 Å². The number of ether oxygens (including phenoxy) is 2. The predicted molar refractivity (Wildman–Crippen MR) is 56.9 cm³/mol. The van der Waals surface area contributed by atoms with Crippen LogP contribution in [-0.2, 0) is 9.47 Å². The van der Waals surface area contributed by atoms with Crippen LogP contribution < -0.4 is 5.32 Å². The lowest BCUT2D eigenvalue weighted by Gasteiger charge is -2.22. The molecule has 0 saturated heterocycles. The fourth-order valence-corrected chi connectivity index (χ4v) is 1.00. The molecule has 8 heteroatoms. The van der Waals surface area contributed by atoms with Crippen LogP contribution in [-0.4, -0.2) is 42.4 Å². The maximum absolute atomic E-state index is 11.7. The second kappa shape index (κ2) is 6.79. The van der Waals surface area contributed by atoms with Gasteiger partial charge in [-0.05, 0) is 27.2 Å². The topological polar surface area (TPSA) is 67.8 Å². The Morgan fingerprint density at radius 1 is 1.33 bits per heavy atom. The molecule has 0 aliphatic heterocycles. The molecule has 108 valence electrons. The Hall–Kier alpha value is -1.02. The number of halogens is 3. The molecule has 0 aromatic rings. The number of aliphatic hydroxyl groups excluding tert-OH is 1. The van der Waals surface area contributed by atoms with E-state index in [4.69, 9.17) is 9.84 Å². The van der Waals surface area contributed by atoms with Crippen molar-refractivity contribution in [1.82, 2.24) is 5.32 Å². The zero-order valence-electron chi connectivity index (χ0n) is 10.5. The molecule has 0 saturated carbocycles. The van der Waals surface area contributed by atoms with Crippen molar-refractivity contribution in [3.63, 3.8) is 0 Å². The van der Waals surface area contributed by atoms with Crippen molar-refractivity contribution in [2.45, 2.75) is 45.2 Å². The molecule has 18 heavy (non-hydrogen) atoms. The first-order valence-corrected chi connectivity index (χ1v) is 5.34. The largest absolute Gasteiger partial charge is 0.522 e. The quantitative estimate of drug-likeness (QED) is 0.801. The number of carbonyl (C=O) groups excluding carboxylic acids is 1. The number of nitrogens with one attached hydrogen (secondary N) is 1. The molecule has 1 atom stereocenters. The zero-order valence-corrected chi connectivity index (χ0v) is 10.5. The molecule has 0 bridgehead atoms. The number of aliphatic hydroxyl groups is 1. The summed E-state index contributed by atoms with van der Waals surface area (Å²) in [5, 5.41) is 11.1. The molecular formula is C10H18F3NO4. The molecule has 0 fully saturated rings. The van der Waals surface area contributed by atoms with Crippen LogP contribution in [0.15, 0.2) is 0 Å². The van der Waals surface area contributed by atoms with Crippen molar-refractivity contribution in [2.24, 2.45) is 0 Å². The summed E-state index contributed by atoms with van der Waals surface area (Å²) in [5.74, 6) is 0. The summed E-state index contributed by atoms with van der Waals surface area (Å²) < 4.78 is 43.5. The van der Waals surface area contributed by atoms with Gasteiger partial charge in [-0.15, -0.1) is 13.2 Å². The summed E-state index contributed by atoms with van der Waals surface area (Å²) in [6.45, 7) is 3.79.